The predicted octanol–water partition coefficient (Wildman–Crippen LogP) is 4.20. The van der Waals surface area contributed by atoms with Crippen LogP contribution in [0.4, 0.5) is 11.5 Å². The Morgan fingerprint density at radius 3 is 2.43 bits per heavy atom. The van der Waals surface area contributed by atoms with E-state index in [-0.39, 0.29) is 13.2 Å². The molecule has 2 N–H and O–H groups in total. The van der Waals surface area contributed by atoms with Crippen molar-refractivity contribution in [2.75, 3.05) is 57.8 Å². The average Bonchev–Trinajstić information content (AvgIpc) is 2.93. The maximum absolute atomic E-state index is 10.5. The Morgan fingerprint density at radius 2 is 1.70 bits per heavy atom. The van der Waals surface area contributed by atoms with Crippen LogP contribution in [0.1, 0.15) is 5.56 Å². The number of anilines is 2. The lowest BCUT2D eigenvalue weighted by Crippen LogP contribution is -2.49. The molecule has 1 aromatic heterocycles. The third-order valence-electron chi connectivity index (χ3n) is 6.17. The van der Waals surface area contributed by atoms with Gasteiger partial charge in [0.25, 0.3) is 0 Å². The second-order valence-electron chi connectivity index (χ2n) is 8.97. The number of aliphatic hydroxyl groups is 1. The summed E-state index contributed by atoms with van der Waals surface area (Å²) in [5.74, 6) is 4.21. The summed E-state index contributed by atoms with van der Waals surface area (Å²) in [4.78, 5) is 9.23. The van der Waals surface area contributed by atoms with Crippen LogP contribution in [-0.2, 0) is 6.42 Å². The third-order valence-corrected chi connectivity index (χ3v) is 6.77. The molecule has 2 aromatic carbocycles. The number of aliphatic hydroxyl groups excluding tert-OH is 1. The average molecular weight is 566 g/mol. The first-order chi connectivity index (χ1) is 18.1. The zero-order valence-corrected chi connectivity index (χ0v) is 22.4. The van der Waals surface area contributed by atoms with Crippen LogP contribution in [0.2, 0.25) is 0 Å². The predicted molar refractivity (Wildman–Crippen MR) is 151 cm³/mol. The second-order valence-corrected chi connectivity index (χ2v) is 9.82. The number of terminal acetylenes is 1. The van der Waals surface area contributed by atoms with Gasteiger partial charge in [0.1, 0.15) is 24.3 Å². The Hall–Kier alpha value is -3.09. The van der Waals surface area contributed by atoms with E-state index in [0.717, 1.165) is 49.3 Å². The van der Waals surface area contributed by atoms with Crippen molar-refractivity contribution < 1.29 is 14.6 Å². The van der Waals surface area contributed by atoms with E-state index in [2.05, 4.69) is 72.3 Å². The molecule has 0 radical (unpaired) electrons. The van der Waals surface area contributed by atoms with Crippen molar-refractivity contribution in [1.82, 2.24) is 14.8 Å². The lowest BCUT2D eigenvalue weighted by atomic mass is 10.1. The van der Waals surface area contributed by atoms with Gasteiger partial charge in [-0.05, 0) is 64.3 Å². The van der Waals surface area contributed by atoms with Crippen molar-refractivity contribution in [2.45, 2.75) is 12.5 Å². The summed E-state index contributed by atoms with van der Waals surface area (Å²) >= 11 is 3.41. The van der Waals surface area contributed by atoms with Gasteiger partial charge in [-0.2, -0.15) is 4.98 Å². The molecule has 4 rings (SSSR count). The number of rotatable bonds is 12. The number of halogens is 1. The van der Waals surface area contributed by atoms with Gasteiger partial charge < -0.3 is 24.8 Å². The molecule has 0 spiro atoms. The van der Waals surface area contributed by atoms with Gasteiger partial charge in [0, 0.05) is 45.0 Å². The molecule has 8 heteroatoms. The van der Waals surface area contributed by atoms with E-state index in [1.807, 2.05) is 36.4 Å². The minimum atomic E-state index is -0.540. The summed E-state index contributed by atoms with van der Waals surface area (Å²) < 4.78 is 12.0. The second kappa shape index (κ2) is 14.0. The zero-order valence-electron chi connectivity index (χ0n) is 20.9. The summed E-state index contributed by atoms with van der Waals surface area (Å²) in [5, 5.41) is 13.7. The molecule has 0 saturated carbocycles. The normalized spacial score (nSPS) is 15.1. The summed E-state index contributed by atoms with van der Waals surface area (Å²) in [6.45, 7) is 6.08. The molecule has 1 atom stereocenters. The number of β-amino-alcohol motifs (C(OH)–C–C–N with tert-alkyl or cyclic N) is 1. The molecule has 1 saturated heterocycles. The quantitative estimate of drug-likeness (QED) is 0.319. The van der Waals surface area contributed by atoms with Gasteiger partial charge in [-0.3, -0.25) is 4.90 Å². The van der Waals surface area contributed by atoms with E-state index >= 15 is 0 Å². The fourth-order valence-corrected chi connectivity index (χ4v) is 4.49. The molecule has 1 fully saturated rings. The van der Waals surface area contributed by atoms with Crippen LogP contribution in [0.5, 0.6) is 11.6 Å². The molecular formula is C29H33BrN4O3. The Kier molecular flexibility index (Phi) is 10.2. The first kappa shape index (κ1) is 27.0. The van der Waals surface area contributed by atoms with Gasteiger partial charge in [-0.1, -0.05) is 36.3 Å². The van der Waals surface area contributed by atoms with E-state index in [9.17, 15) is 5.11 Å². The van der Waals surface area contributed by atoms with Crippen LogP contribution in [0, 0.1) is 12.3 Å². The van der Waals surface area contributed by atoms with Gasteiger partial charge in [0.05, 0.1) is 4.47 Å². The number of nitrogens with zero attached hydrogens (tertiary/aromatic N) is 3. The fourth-order valence-electron chi connectivity index (χ4n) is 4.16. The Balaban J connectivity index is 1.16. The van der Waals surface area contributed by atoms with Crippen LogP contribution < -0.4 is 14.8 Å². The van der Waals surface area contributed by atoms with Gasteiger partial charge in [0.2, 0.25) is 5.88 Å². The number of hydrogen-bond acceptors (Lipinski definition) is 7. The van der Waals surface area contributed by atoms with E-state index in [1.165, 1.54) is 5.56 Å². The number of pyridine rings is 1. The van der Waals surface area contributed by atoms with Gasteiger partial charge in [-0.15, -0.1) is 6.42 Å². The molecule has 1 aliphatic rings. The summed E-state index contributed by atoms with van der Waals surface area (Å²) in [5.41, 5.74) is 2.24. The molecule has 3 aromatic rings. The molecule has 37 heavy (non-hydrogen) atoms. The molecular weight excluding hydrogens is 532 g/mol. The van der Waals surface area contributed by atoms with Crippen molar-refractivity contribution in [3.8, 4) is 24.0 Å². The third kappa shape index (κ3) is 8.76. The summed E-state index contributed by atoms with van der Waals surface area (Å²) in [6, 6.07) is 21.9. The summed E-state index contributed by atoms with van der Waals surface area (Å²) in [7, 11) is 0. The topological polar surface area (TPSA) is 70.1 Å². The molecule has 0 amide bonds. The molecule has 0 aliphatic carbocycles. The van der Waals surface area contributed by atoms with E-state index < -0.39 is 6.10 Å². The lowest BCUT2D eigenvalue weighted by Gasteiger charge is -2.35. The number of piperazine rings is 1. The largest absolute Gasteiger partial charge is 0.491 e. The number of ether oxygens (including phenoxy) is 2. The van der Waals surface area contributed by atoms with Gasteiger partial charge in [0.15, 0.2) is 6.61 Å². The summed E-state index contributed by atoms with van der Waals surface area (Å²) in [6.07, 6.45) is 5.80. The molecule has 1 unspecified atom stereocenters. The first-order valence-corrected chi connectivity index (χ1v) is 13.3. The SMILES string of the molecule is C#CCOc1nc(Nc2ccc(OCC(O)CN3CCN(CCc4ccccc4)CC3)cc2)ccc1Br. The zero-order chi connectivity index (χ0) is 25.9. The minimum absolute atomic E-state index is 0.151. The standard InChI is InChI=1S/C29H33BrN4O3/c1-2-20-36-29-27(30)12-13-28(32-29)31-24-8-10-26(11-9-24)37-22-25(35)21-34-18-16-33(17-19-34)15-14-23-6-4-3-5-7-23/h1,3-13,25,35H,14-22H2,(H,31,32). The molecule has 194 valence electrons. The van der Waals surface area contributed by atoms with Crippen LogP contribution in [0.3, 0.4) is 0 Å². The van der Waals surface area contributed by atoms with Crippen molar-refractivity contribution in [3.63, 3.8) is 0 Å². The number of nitrogens with one attached hydrogen (secondary N) is 1. The molecule has 1 aliphatic heterocycles. The first-order valence-electron chi connectivity index (χ1n) is 12.5. The van der Waals surface area contributed by atoms with Crippen molar-refractivity contribution in [3.05, 3.63) is 76.8 Å². The Labute approximate surface area is 227 Å². The fraction of sp³-hybridized carbons (Fsp3) is 0.345. The van der Waals surface area contributed by atoms with E-state index in [1.54, 1.807) is 0 Å². The number of hydrogen-bond donors (Lipinski definition) is 2. The monoisotopic (exact) mass is 564 g/mol. The maximum Gasteiger partial charge on any atom is 0.230 e. The highest BCUT2D eigenvalue weighted by Crippen LogP contribution is 2.26. The minimum Gasteiger partial charge on any atom is -0.491 e. The highest BCUT2D eigenvalue weighted by atomic mass is 79.9. The van der Waals surface area contributed by atoms with Crippen LogP contribution in [0.25, 0.3) is 0 Å². The Bertz CT molecular complexity index is 1150. The Morgan fingerprint density at radius 1 is 0.973 bits per heavy atom. The highest BCUT2D eigenvalue weighted by Gasteiger charge is 2.19. The maximum atomic E-state index is 10.5. The van der Waals surface area contributed by atoms with E-state index in [4.69, 9.17) is 15.9 Å². The molecule has 2 heterocycles. The highest BCUT2D eigenvalue weighted by molar-refractivity contribution is 9.10. The molecule has 0 bridgehead atoms. The smallest absolute Gasteiger partial charge is 0.230 e. The van der Waals surface area contributed by atoms with Crippen LogP contribution in [-0.4, -0.2) is 78.5 Å². The lowest BCUT2D eigenvalue weighted by molar-refractivity contribution is 0.0463. The molecule has 7 nitrogen and oxygen atoms in total. The van der Waals surface area contributed by atoms with Crippen molar-refractivity contribution >= 4 is 27.4 Å². The van der Waals surface area contributed by atoms with Crippen LogP contribution >= 0.6 is 15.9 Å². The van der Waals surface area contributed by atoms with Crippen molar-refractivity contribution in [1.29, 1.82) is 0 Å². The van der Waals surface area contributed by atoms with Crippen molar-refractivity contribution in [2.24, 2.45) is 0 Å². The number of benzene rings is 2. The number of aromatic nitrogens is 1. The van der Waals surface area contributed by atoms with Crippen LogP contribution in [0.15, 0.2) is 71.2 Å². The van der Waals surface area contributed by atoms with Gasteiger partial charge in [-0.25, -0.2) is 0 Å². The van der Waals surface area contributed by atoms with Gasteiger partial charge >= 0.3 is 0 Å². The van der Waals surface area contributed by atoms with E-state index in [0.29, 0.717) is 24.0 Å².